The van der Waals surface area contributed by atoms with Gasteiger partial charge in [-0.1, -0.05) is 36.7 Å². The topological polar surface area (TPSA) is 117 Å². The molecule has 11 nitrogen and oxygen atoms in total. The van der Waals surface area contributed by atoms with Crippen molar-refractivity contribution in [3.63, 3.8) is 0 Å². The fourth-order valence-corrected chi connectivity index (χ4v) is 8.53. The number of likely N-dealkylation sites (tertiary alicyclic amines) is 1. The van der Waals surface area contributed by atoms with E-state index in [0.717, 1.165) is 93.3 Å². The van der Waals surface area contributed by atoms with E-state index in [2.05, 4.69) is 66.8 Å². The Bertz CT molecular complexity index is 1750. The van der Waals surface area contributed by atoms with Crippen molar-refractivity contribution >= 4 is 58.0 Å². The van der Waals surface area contributed by atoms with Gasteiger partial charge in [-0.25, -0.2) is 18.5 Å². The van der Waals surface area contributed by atoms with Crippen molar-refractivity contribution < 1.29 is 13.8 Å². The number of hydrogen-bond donors (Lipinski definition) is 1. The van der Waals surface area contributed by atoms with Gasteiger partial charge in [0.1, 0.15) is 17.3 Å². The second-order valence-corrected chi connectivity index (χ2v) is 15.3. The molecule has 2 atom stereocenters. The van der Waals surface area contributed by atoms with Gasteiger partial charge in [0.15, 0.2) is 5.82 Å². The van der Waals surface area contributed by atoms with Gasteiger partial charge in [-0.2, -0.15) is 5.10 Å². The van der Waals surface area contributed by atoms with Gasteiger partial charge in [0.05, 0.1) is 27.8 Å². The Morgan fingerprint density at radius 2 is 1.80 bits per heavy atom. The Kier molecular flexibility index (Phi) is 11.7. The summed E-state index contributed by atoms with van der Waals surface area (Å²) in [6.45, 7) is 7.25. The molecule has 4 heterocycles. The lowest BCUT2D eigenvalue weighted by molar-refractivity contribution is -0.108. The molecule has 2 unspecified atom stereocenters. The molecule has 2 fully saturated rings. The lowest BCUT2D eigenvalue weighted by Crippen LogP contribution is -2.40. The summed E-state index contributed by atoms with van der Waals surface area (Å²) in [6, 6.07) is 15.0. The van der Waals surface area contributed by atoms with Crippen LogP contribution < -0.4 is 10.2 Å². The monoisotopic (exact) mass is 704 g/mol. The number of carbonyl (C=O) groups is 2. The molecule has 2 aromatic heterocycles. The molecule has 2 aliphatic rings. The van der Waals surface area contributed by atoms with Gasteiger partial charge in [0, 0.05) is 51.1 Å². The Morgan fingerprint density at radius 3 is 2.51 bits per heavy atom. The predicted octanol–water partition coefficient (Wildman–Crippen LogP) is 5.23. The number of hydrogen-bond acceptors (Lipinski definition) is 8. The largest absolute Gasteiger partial charge is 0.351 e. The van der Waals surface area contributed by atoms with E-state index in [1.807, 2.05) is 23.9 Å². The maximum Gasteiger partial charge on any atom is 0.222 e. The predicted molar refractivity (Wildman–Crippen MR) is 194 cm³/mol. The van der Waals surface area contributed by atoms with Crippen LogP contribution in [-0.4, -0.2) is 91.2 Å². The summed E-state index contributed by atoms with van der Waals surface area (Å²) < 4.78 is 17.4. The van der Waals surface area contributed by atoms with Gasteiger partial charge in [0.25, 0.3) is 0 Å². The van der Waals surface area contributed by atoms with Crippen molar-refractivity contribution in [2.75, 3.05) is 49.5 Å². The van der Waals surface area contributed by atoms with Crippen LogP contribution in [0, 0.1) is 5.92 Å². The number of aldehydes is 1. The number of nitrogens with zero attached hydrogens (tertiary/aromatic N) is 7. The van der Waals surface area contributed by atoms with Crippen LogP contribution in [0.15, 0.2) is 59.8 Å². The quantitative estimate of drug-likeness (QED) is 0.178. The number of nitrogens with one attached hydrogen (secondary N) is 1. The van der Waals surface area contributed by atoms with E-state index < -0.39 is 11.0 Å². The minimum atomic E-state index is -1.19. The Morgan fingerprint density at radius 1 is 1.04 bits per heavy atom. The van der Waals surface area contributed by atoms with E-state index in [1.165, 1.54) is 16.0 Å². The number of carbonyl (C=O) groups excluding carboxylic acids is 2. The summed E-state index contributed by atoms with van der Waals surface area (Å²) in [5.41, 5.74) is 3.53. The van der Waals surface area contributed by atoms with Crippen molar-refractivity contribution in [1.29, 1.82) is 0 Å². The molecule has 2 aliphatic heterocycles. The smallest absolute Gasteiger partial charge is 0.222 e. The first-order valence-electron chi connectivity index (χ1n) is 17.2. The number of fused-ring (bicyclic) bond motifs is 1. The molecular weight excluding hydrogens is 660 g/mol. The van der Waals surface area contributed by atoms with Crippen LogP contribution in [-0.2, 0) is 34.0 Å². The molecule has 2 saturated heterocycles. The molecule has 6 rings (SSSR count). The Labute approximate surface area is 295 Å². The average molecular weight is 705 g/mol. The molecule has 4 aromatic rings. The standard InChI is InChI=1S/C36H45ClN8O3S/c1-26(19-27-5-3-6-32(20-27)49(48)45-16-11-31(12-17-45)40-36-38-22-30(37)23-39-36)24-43-14-9-28(10-15-43)29-7-8-33-34(21-29)42(2)41-35(33)44(25-47)13-4-18-46/h3,5-8,18,20-23,25-26,28,31H,4,9-17,19,24H2,1-2H3,(H,38,39,40). The van der Waals surface area contributed by atoms with E-state index in [-0.39, 0.29) is 12.5 Å². The molecule has 0 saturated carbocycles. The van der Waals surface area contributed by atoms with Gasteiger partial charge in [0.2, 0.25) is 12.4 Å². The summed E-state index contributed by atoms with van der Waals surface area (Å²) in [7, 11) is 0.708. The van der Waals surface area contributed by atoms with Crippen LogP contribution in [0.5, 0.6) is 0 Å². The summed E-state index contributed by atoms with van der Waals surface area (Å²) in [6.07, 6.45) is 9.89. The van der Waals surface area contributed by atoms with Gasteiger partial charge in [-0.15, -0.1) is 0 Å². The number of rotatable bonds is 14. The zero-order valence-electron chi connectivity index (χ0n) is 28.2. The average Bonchev–Trinajstić information content (AvgIpc) is 3.45. The highest BCUT2D eigenvalue weighted by Gasteiger charge is 2.26. The molecule has 260 valence electrons. The highest BCUT2D eigenvalue weighted by Crippen LogP contribution is 2.33. The third-order valence-corrected chi connectivity index (χ3v) is 11.4. The molecule has 1 N–H and O–H groups in total. The van der Waals surface area contributed by atoms with Crippen LogP contribution in [0.1, 0.15) is 56.1 Å². The fraction of sp³-hybridized carbons (Fsp3) is 0.472. The maximum atomic E-state index is 13.5. The number of amides is 1. The summed E-state index contributed by atoms with van der Waals surface area (Å²) in [4.78, 5) is 36.0. The van der Waals surface area contributed by atoms with E-state index in [1.54, 1.807) is 12.4 Å². The number of aryl methyl sites for hydroxylation is 1. The van der Waals surface area contributed by atoms with E-state index in [9.17, 15) is 13.8 Å². The molecular formula is C36H45ClN8O3S. The van der Waals surface area contributed by atoms with Crippen molar-refractivity contribution in [3.8, 4) is 0 Å². The minimum Gasteiger partial charge on any atom is -0.351 e. The molecule has 0 spiro atoms. The van der Waals surface area contributed by atoms with Crippen molar-refractivity contribution in [2.24, 2.45) is 13.0 Å². The highest BCUT2D eigenvalue weighted by molar-refractivity contribution is 7.82. The van der Waals surface area contributed by atoms with Gasteiger partial charge in [-0.3, -0.25) is 14.4 Å². The molecule has 1 amide bonds. The first kappa shape index (κ1) is 35.1. The number of anilines is 2. The molecule has 13 heteroatoms. The van der Waals surface area contributed by atoms with Gasteiger partial charge in [-0.05, 0) is 92.4 Å². The molecule has 2 aromatic carbocycles. The third-order valence-electron chi connectivity index (χ3n) is 9.70. The van der Waals surface area contributed by atoms with Crippen LogP contribution in [0.4, 0.5) is 11.8 Å². The van der Waals surface area contributed by atoms with Crippen molar-refractivity contribution in [1.82, 2.24) is 29.0 Å². The van der Waals surface area contributed by atoms with Crippen molar-refractivity contribution in [2.45, 2.75) is 62.3 Å². The van der Waals surface area contributed by atoms with Gasteiger partial charge < -0.3 is 15.0 Å². The van der Waals surface area contributed by atoms with Crippen LogP contribution in [0.25, 0.3) is 10.9 Å². The van der Waals surface area contributed by atoms with E-state index in [4.69, 9.17) is 11.6 Å². The Hall–Kier alpha value is -3.71. The number of halogens is 1. The molecule has 0 radical (unpaired) electrons. The third kappa shape index (κ3) is 8.72. The summed E-state index contributed by atoms with van der Waals surface area (Å²) >= 11 is 5.90. The molecule has 0 aliphatic carbocycles. The number of aromatic nitrogens is 4. The summed E-state index contributed by atoms with van der Waals surface area (Å²) in [5.74, 6) is 2.12. The lowest BCUT2D eigenvalue weighted by atomic mass is 9.88. The van der Waals surface area contributed by atoms with Crippen molar-refractivity contribution in [3.05, 3.63) is 71.0 Å². The first-order chi connectivity index (χ1) is 23.8. The van der Waals surface area contributed by atoms with Crippen LogP contribution in [0.3, 0.4) is 0 Å². The molecule has 0 bridgehead atoms. The number of piperidine rings is 2. The Balaban J connectivity index is 0.976. The number of benzene rings is 2. The SMILES string of the molecule is CC(Cc1cccc(S(=O)N2CCC(Nc3ncc(Cl)cn3)CC2)c1)CN1CCC(c2ccc3c(N(C=O)CCC=O)nn(C)c3c2)CC1. The van der Waals surface area contributed by atoms with E-state index in [0.29, 0.717) is 35.2 Å². The van der Waals surface area contributed by atoms with Crippen LogP contribution in [0.2, 0.25) is 5.02 Å². The minimum absolute atomic E-state index is 0.242. The zero-order chi connectivity index (χ0) is 34.3. The second kappa shape index (κ2) is 16.3. The highest BCUT2D eigenvalue weighted by atomic mass is 35.5. The second-order valence-electron chi connectivity index (χ2n) is 13.3. The zero-order valence-corrected chi connectivity index (χ0v) is 29.8. The van der Waals surface area contributed by atoms with Gasteiger partial charge >= 0.3 is 0 Å². The molecule has 49 heavy (non-hydrogen) atoms. The fourth-order valence-electron chi connectivity index (χ4n) is 7.14. The lowest BCUT2D eigenvalue weighted by Gasteiger charge is -2.34. The van der Waals surface area contributed by atoms with Crippen LogP contribution >= 0.6 is 11.6 Å². The normalized spacial score (nSPS) is 17.9. The van der Waals surface area contributed by atoms with E-state index >= 15 is 0 Å². The first-order valence-corrected chi connectivity index (χ1v) is 18.6. The summed E-state index contributed by atoms with van der Waals surface area (Å²) in [5, 5.41) is 9.40. The maximum absolute atomic E-state index is 13.5.